The Morgan fingerprint density at radius 3 is 1.97 bits per heavy atom. The van der Waals surface area contributed by atoms with E-state index in [9.17, 15) is 14.9 Å². The number of hydrogen-bond donors (Lipinski definition) is 0. The Kier molecular flexibility index (Phi) is 6.19. The minimum absolute atomic E-state index is 0.137. The van der Waals surface area contributed by atoms with Crippen LogP contribution in [0.5, 0.6) is 0 Å². The van der Waals surface area contributed by atoms with E-state index >= 15 is 0 Å². The molecule has 1 amide bonds. The fourth-order valence-corrected chi connectivity index (χ4v) is 2.99. The average Bonchev–Trinajstić information content (AvgIpc) is 2.73. The molecule has 0 bridgehead atoms. The Hall–Kier alpha value is -3.74. The molecule has 148 valence electrons. The van der Waals surface area contributed by atoms with Crippen molar-refractivity contribution in [3.05, 3.63) is 94.2 Å². The van der Waals surface area contributed by atoms with Gasteiger partial charge in [0.25, 0.3) is 0 Å². The first-order valence-corrected chi connectivity index (χ1v) is 9.17. The molecule has 3 rings (SSSR count). The molecule has 1 heterocycles. The van der Waals surface area contributed by atoms with Crippen molar-refractivity contribution in [2.75, 3.05) is 16.8 Å². The van der Waals surface area contributed by atoms with Crippen LogP contribution in [0.4, 0.5) is 17.2 Å². The molecule has 0 spiro atoms. The van der Waals surface area contributed by atoms with E-state index in [0.717, 1.165) is 11.1 Å². The van der Waals surface area contributed by atoms with Gasteiger partial charge in [-0.3, -0.25) is 14.9 Å². The zero-order chi connectivity index (χ0) is 20.8. The van der Waals surface area contributed by atoms with Gasteiger partial charge in [-0.15, -0.1) is 0 Å². The summed E-state index contributed by atoms with van der Waals surface area (Å²) in [5.41, 5.74) is 2.28. The van der Waals surface area contributed by atoms with Crippen LogP contribution in [0.1, 0.15) is 18.1 Å². The molecule has 0 fully saturated rings. The van der Waals surface area contributed by atoms with Crippen molar-refractivity contribution in [3.63, 3.8) is 0 Å². The first-order valence-electron chi connectivity index (χ1n) is 9.17. The third kappa shape index (κ3) is 4.95. The summed E-state index contributed by atoms with van der Waals surface area (Å²) >= 11 is 0. The summed E-state index contributed by atoms with van der Waals surface area (Å²) in [6.45, 7) is 2.33. The van der Waals surface area contributed by atoms with Crippen molar-refractivity contribution >= 4 is 23.1 Å². The van der Waals surface area contributed by atoms with E-state index in [1.165, 1.54) is 24.1 Å². The lowest BCUT2D eigenvalue weighted by atomic mass is 10.1. The minimum Gasteiger partial charge on any atom is -0.342 e. The van der Waals surface area contributed by atoms with Gasteiger partial charge in [0, 0.05) is 33.1 Å². The molecule has 29 heavy (non-hydrogen) atoms. The third-order valence-electron chi connectivity index (χ3n) is 4.62. The Bertz CT molecular complexity index is 952. The lowest BCUT2D eigenvalue weighted by Gasteiger charge is -2.25. The molecule has 0 radical (unpaired) electrons. The summed E-state index contributed by atoms with van der Waals surface area (Å²) in [5, 5.41) is 11.8. The molecule has 1 aromatic heterocycles. The molecule has 0 saturated heterocycles. The van der Waals surface area contributed by atoms with Crippen LogP contribution in [-0.2, 0) is 17.9 Å². The highest BCUT2D eigenvalue weighted by molar-refractivity contribution is 5.91. The number of amides is 1. The normalized spacial score (nSPS) is 10.4. The maximum atomic E-state index is 11.8. The van der Waals surface area contributed by atoms with Gasteiger partial charge in [0.05, 0.1) is 16.8 Å². The Balaban J connectivity index is 2.03. The van der Waals surface area contributed by atoms with Crippen molar-refractivity contribution < 1.29 is 9.72 Å². The summed E-state index contributed by atoms with van der Waals surface area (Å²) in [7, 11) is 1.56. The van der Waals surface area contributed by atoms with Crippen LogP contribution in [0, 0.1) is 10.1 Å². The number of carbonyl (C=O) groups is 1. The summed E-state index contributed by atoms with van der Waals surface area (Å²) in [6.07, 6.45) is 1.49. The van der Waals surface area contributed by atoms with Crippen LogP contribution in [0.3, 0.4) is 0 Å². The Labute approximate surface area is 169 Å². The second-order valence-corrected chi connectivity index (χ2v) is 6.70. The number of nitrogens with zero attached hydrogens (tertiary/aromatic N) is 4. The van der Waals surface area contributed by atoms with Gasteiger partial charge < -0.3 is 9.80 Å². The zero-order valence-electron chi connectivity index (χ0n) is 16.4. The second kappa shape index (κ2) is 8.97. The van der Waals surface area contributed by atoms with E-state index in [4.69, 9.17) is 0 Å². The van der Waals surface area contributed by atoms with E-state index < -0.39 is 4.92 Å². The molecule has 7 nitrogen and oxygen atoms in total. The van der Waals surface area contributed by atoms with Gasteiger partial charge in [0.2, 0.25) is 11.7 Å². The topological polar surface area (TPSA) is 79.6 Å². The Morgan fingerprint density at radius 2 is 1.52 bits per heavy atom. The van der Waals surface area contributed by atoms with Crippen LogP contribution in [-0.4, -0.2) is 22.9 Å². The lowest BCUT2D eigenvalue weighted by molar-refractivity contribution is -0.384. The first-order chi connectivity index (χ1) is 14.0. The molecule has 3 aromatic rings. The molecular weight excluding hydrogens is 368 g/mol. The Morgan fingerprint density at radius 1 is 1.00 bits per heavy atom. The summed E-state index contributed by atoms with van der Waals surface area (Å²) < 4.78 is 0. The highest BCUT2D eigenvalue weighted by Crippen LogP contribution is 2.31. The predicted octanol–water partition coefficient (Wildman–Crippen LogP) is 4.18. The SMILES string of the molecule is CC(=O)N(C)c1cnc(N(Cc2ccccc2)Cc2ccccc2)c([N+](=O)[O-])c1. The maximum absolute atomic E-state index is 11.8. The summed E-state index contributed by atoms with van der Waals surface area (Å²) in [5.74, 6) is 0.0442. The smallest absolute Gasteiger partial charge is 0.313 e. The fraction of sp³-hybridized carbons (Fsp3) is 0.182. The monoisotopic (exact) mass is 390 g/mol. The number of carbonyl (C=O) groups excluding carboxylic acids is 1. The molecule has 0 saturated carbocycles. The quantitative estimate of drug-likeness (QED) is 0.447. The number of anilines is 2. The van der Waals surface area contributed by atoms with Gasteiger partial charge in [0.1, 0.15) is 0 Å². The van der Waals surface area contributed by atoms with Crippen molar-refractivity contribution in [2.24, 2.45) is 0 Å². The van der Waals surface area contributed by atoms with Crippen LogP contribution in [0.2, 0.25) is 0 Å². The number of hydrogen-bond acceptors (Lipinski definition) is 5. The molecule has 0 atom stereocenters. The number of nitro groups is 1. The molecule has 0 aliphatic heterocycles. The van der Waals surface area contributed by atoms with Crippen molar-refractivity contribution in [1.29, 1.82) is 0 Å². The van der Waals surface area contributed by atoms with Gasteiger partial charge in [-0.05, 0) is 11.1 Å². The second-order valence-electron chi connectivity index (χ2n) is 6.70. The average molecular weight is 390 g/mol. The van der Waals surface area contributed by atoms with E-state index in [-0.39, 0.29) is 17.4 Å². The lowest BCUT2D eigenvalue weighted by Crippen LogP contribution is -2.26. The highest BCUT2D eigenvalue weighted by atomic mass is 16.6. The van der Waals surface area contributed by atoms with Crippen molar-refractivity contribution in [3.8, 4) is 0 Å². The molecule has 7 heteroatoms. The molecule has 2 aromatic carbocycles. The molecular formula is C22H22N4O3. The highest BCUT2D eigenvalue weighted by Gasteiger charge is 2.24. The predicted molar refractivity (Wildman–Crippen MR) is 113 cm³/mol. The molecule has 0 aliphatic carbocycles. The zero-order valence-corrected chi connectivity index (χ0v) is 16.4. The number of pyridine rings is 1. The van der Waals surface area contributed by atoms with Crippen molar-refractivity contribution in [1.82, 2.24) is 4.98 Å². The van der Waals surface area contributed by atoms with Gasteiger partial charge in [-0.25, -0.2) is 4.98 Å². The number of benzene rings is 2. The standard InChI is InChI=1S/C22H22N4O3/c1-17(27)24(2)20-13-21(26(28)29)22(23-14-20)25(15-18-9-5-3-6-10-18)16-19-11-7-4-8-12-19/h3-14H,15-16H2,1-2H3. The molecule has 0 aliphatic rings. The summed E-state index contributed by atoms with van der Waals surface area (Å²) in [4.78, 5) is 30.6. The van der Waals surface area contributed by atoms with Crippen LogP contribution >= 0.6 is 0 Å². The number of rotatable bonds is 7. The first kappa shape index (κ1) is 20.0. The summed E-state index contributed by atoms with van der Waals surface area (Å²) in [6, 6.07) is 20.9. The van der Waals surface area contributed by atoms with E-state index in [1.54, 1.807) is 7.05 Å². The van der Waals surface area contributed by atoms with Gasteiger partial charge in [0.15, 0.2) is 0 Å². The van der Waals surface area contributed by atoms with Gasteiger partial charge >= 0.3 is 5.69 Å². The fourth-order valence-electron chi connectivity index (χ4n) is 2.99. The van der Waals surface area contributed by atoms with Crippen LogP contribution in [0.25, 0.3) is 0 Å². The van der Waals surface area contributed by atoms with E-state index in [0.29, 0.717) is 18.8 Å². The third-order valence-corrected chi connectivity index (χ3v) is 4.62. The van der Waals surface area contributed by atoms with Gasteiger partial charge in [-0.1, -0.05) is 60.7 Å². The molecule has 0 N–H and O–H groups in total. The van der Waals surface area contributed by atoms with Crippen LogP contribution in [0.15, 0.2) is 72.9 Å². The van der Waals surface area contributed by atoms with Gasteiger partial charge in [-0.2, -0.15) is 0 Å². The minimum atomic E-state index is -0.456. The number of aromatic nitrogens is 1. The van der Waals surface area contributed by atoms with E-state index in [1.807, 2.05) is 65.6 Å². The maximum Gasteiger partial charge on any atom is 0.313 e. The van der Waals surface area contributed by atoms with Crippen molar-refractivity contribution in [2.45, 2.75) is 20.0 Å². The van der Waals surface area contributed by atoms with Crippen LogP contribution < -0.4 is 9.80 Å². The largest absolute Gasteiger partial charge is 0.342 e. The van der Waals surface area contributed by atoms with E-state index in [2.05, 4.69) is 4.98 Å². The molecule has 0 unspecified atom stereocenters.